The zero-order chi connectivity index (χ0) is 30.2. The van der Waals surface area contributed by atoms with Crippen LogP contribution in [0.5, 0.6) is 11.5 Å². The minimum Gasteiger partial charge on any atom is -0.505 e. The minimum absolute atomic E-state index is 0.100. The monoisotopic (exact) mass is 633 g/mol. The number of amides is 1. The van der Waals surface area contributed by atoms with E-state index in [-0.39, 0.29) is 16.5 Å². The summed E-state index contributed by atoms with van der Waals surface area (Å²) in [5.74, 6) is -0.562. The average molecular weight is 634 g/mol. The molecular formula is C30H24ClN5O5S2. The van der Waals surface area contributed by atoms with Crippen molar-refractivity contribution < 1.29 is 24.2 Å². The molecule has 6 rings (SSSR count). The van der Waals surface area contributed by atoms with Crippen molar-refractivity contribution >= 4 is 62.9 Å². The Labute approximate surface area is 259 Å². The van der Waals surface area contributed by atoms with Gasteiger partial charge in [-0.1, -0.05) is 59.0 Å². The van der Waals surface area contributed by atoms with E-state index < -0.39 is 17.7 Å². The van der Waals surface area contributed by atoms with Gasteiger partial charge in [0.05, 0.1) is 31.5 Å². The van der Waals surface area contributed by atoms with E-state index in [1.807, 2.05) is 30.3 Å². The van der Waals surface area contributed by atoms with Gasteiger partial charge in [-0.05, 0) is 54.4 Å². The molecule has 1 unspecified atom stereocenters. The molecule has 1 aliphatic heterocycles. The van der Waals surface area contributed by atoms with E-state index in [0.29, 0.717) is 49.2 Å². The van der Waals surface area contributed by atoms with Gasteiger partial charge in [-0.15, -0.1) is 10.2 Å². The third kappa shape index (κ3) is 5.22. The Morgan fingerprint density at radius 3 is 2.56 bits per heavy atom. The maximum atomic E-state index is 13.7. The fourth-order valence-corrected chi connectivity index (χ4v) is 6.93. The predicted molar refractivity (Wildman–Crippen MR) is 165 cm³/mol. The van der Waals surface area contributed by atoms with E-state index in [1.165, 1.54) is 42.2 Å². The Hall–Kier alpha value is -4.39. The Morgan fingerprint density at radius 2 is 1.81 bits per heavy atom. The standard InChI is InChI=1S/C30H24ClN5O5S2/c1-16-24(35-13-5-4-6-22(35)32-16)26(37)23-25(18-9-12-20(40-2)21(14-18)41-3)36(28(39)27(23)38)29-33-34-30(43-29)42-15-17-7-10-19(31)11-8-17/h4-14,25,37H,15H2,1-3H3. The number of rotatable bonds is 8. The molecule has 0 radical (unpaired) electrons. The molecule has 0 saturated carbocycles. The highest BCUT2D eigenvalue weighted by Crippen LogP contribution is 2.46. The van der Waals surface area contributed by atoms with E-state index >= 15 is 0 Å². The van der Waals surface area contributed by atoms with Crippen LogP contribution in [0.3, 0.4) is 0 Å². The number of pyridine rings is 1. The zero-order valence-corrected chi connectivity index (χ0v) is 25.5. The second kappa shape index (κ2) is 11.7. The summed E-state index contributed by atoms with van der Waals surface area (Å²) in [6.45, 7) is 1.73. The van der Waals surface area contributed by atoms with E-state index in [2.05, 4.69) is 15.2 Å². The van der Waals surface area contributed by atoms with Gasteiger partial charge < -0.3 is 14.6 Å². The molecule has 1 amide bonds. The van der Waals surface area contributed by atoms with Crippen molar-refractivity contribution in [1.29, 1.82) is 0 Å². The lowest BCUT2D eigenvalue weighted by atomic mass is 9.96. The van der Waals surface area contributed by atoms with Crippen LogP contribution >= 0.6 is 34.7 Å². The Bertz CT molecular complexity index is 1900. The number of aliphatic hydroxyl groups is 1. The lowest BCUT2D eigenvalue weighted by molar-refractivity contribution is -0.132. The molecule has 43 heavy (non-hydrogen) atoms. The topological polar surface area (TPSA) is 119 Å². The van der Waals surface area contributed by atoms with Gasteiger partial charge in [-0.2, -0.15) is 0 Å². The number of methoxy groups -OCH3 is 2. The van der Waals surface area contributed by atoms with Crippen LogP contribution in [0.1, 0.15) is 28.6 Å². The number of carbonyl (C=O) groups is 2. The van der Waals surface area contributed by atoms with Crippen molar-refractivity contribution in [2.75, 3.05) is 19.1 Å². The van der Waals surface area contributed by atoms with Gasteiger partial charge in [0, 0.05) is 17.0 Å². The third-order valence-electron chi connectivity index (χ3n) is 6.97. The van der Waals surface area contributed by atoms with Gasteiger partial charge in [0.25, 0.3) is 5.78 Å². The molecule has 218 valence electrons. The second-order valence-electron chi connectivity index (χ2n) is 9.52. The molecule has 5 aromatic rings. The number of benzene rings is 2. The van der Waals surface area contributed by atoms with Crippen molar-refractivity contribution in [3.63, 3.8) is 0 Å². The number of aliphatic hydroxyl groups excluding tert-OH is 1. The first-order valence-corrected chi connectivity index (χ1v) is 15.2. The van der Waals surface area contributed by atoms with E-state index in [9.17, 15) is 14.7 Å². The van der Waals surface area contributed by atoms with Gasteiger partial charge >= 0.3 is 5.91 Å². The Kier molecular flexibility index (Phi) is 7.82. The van der Waals surface area contributed by atoms with Crippen molar-refractivity contribution in [2.45, 2.75) is 23.1 Å². The number of ether oxygens (including phenoxy) is 2. The number of Topliss-reactive ketones (excluding diaryl/α,β-unsaturated/α-hetero) is 1. The largest absolute Gasteiger partial charge is 0.505 e. The van der Waals surface area contributed by atoms with Gasteiger partial charge in [0.15, 0.2) is 21.6 Å². The summed E-state index contributed by atoms with van der Waals surface area (Å²) in [6.07, 6.45) is 1.74. The van der Waals surface area contributed by atoms with E-state index in [0.717, 1.165) is 5.56 Å². The maximum absolute atomic E-state index is 13.7. The second-order valence-corrected chi connectivity index (χ2v) is 12.1. The van der Waals surface area contributed by atoms with Gasteiger partial charge in [0.1, 0.15) is 11.3 Å². The number of aromatic nitrogens is 4. The van der Waals surface area contributed by atoms with E-state index in [1.54, 1.807) is 47.9 Å². The van der Waals surface area contributed by atoms with Crippen molar-refractivity contribution in [2.24, 2.45) is 0 Å². The number of carbonyl (C=O) groups excluding carboxylic acids is 2. The molecule has 1 fully saturated rings. The first kappa shape index (κ1) is 28.7. The van der Waals surface area contributed by atoms with Gasteiger partial charge in [0.2, 0.25) is 5.13 Å². The fraction of sp³-hybridized carbons (Fsp3) is 0.167. The Balaban J connectivity index is 1.46. The quantitative estimate of drug-likeness (QED) is 0.0712. The van der Waals surface area contributed by atoms with Gasteiger partial charge in [-0.3, -0.25) is 18.9 Å². The van der Waals surface area contributed by atoms with Crippen molar-refractivity contribution in [3.8, 4) is 11.5 Å². The number of fused-ring (bicyclic) bond motifs is 1. The number of imidazole rings is 1. The van der Waals surface area contributed by atoms with Crippen LogP contribution in [-0.2, 0) is 15.3 Å². The molecule has 3 aromatic heterocycles. The first-order valence-electron chi connectivity index (χ1n) is 13.0. The highest BCUT2D eigenvalue weighted by molar-refractivity contribution is 8.00. The van der Waals surface area contributed by atoms with Crippen LogP contribution in [0, 0.1) is 6.92 Å². The maximum Gasteiger partial charge on any atom is 0.301 e. The first-order chi connectivity index (χ1) is 20.8. The SMILES string of the molecule is COc1ccc(C2C(=C(O)c3c(C)nc4ccccn34)C(=O)C(=O)N2c2nnc(SCc3ccc(Cl)cc3)s2)cc1OC. The highest BCUT2D eigenvalue weighted by Gasteiger charge is 2.49. The lowest BCUT2D eigenvalue weighted by Gasteiger charge is -2.23. The Morgan fingerprint density at radius 1 is 1.05 bits per heavy atom. The van der Waals surface area contributed by atoms with Crippen LogP contribution < -0.4 is 14.4 Å². The molecule has 0 aliphatic carbocycles. The third-order valence-corrected chi connectivity index (χ3v) is 9.35. The summed E-state index contributed by atoms with van der Waals surface area (Å²) < 4.78 is 13.2. The molecule has 4 heterocycles. The highest BCUT2D eigenvalue weighted by atomic mass is 35.5. The number of anilines is 1. The molecule has 0 bridgehead atoms. The summed E-state index contributed by atoms with van der Waals surface area (Å²) >= 11 is 8.63. The lowest BCUT2D eigenvalue weighted by Crippen LogP contribution is -2.29. The number of hydrogen-bond acceptors (Lipinski definition) is 10. The molecule has 1 N–H and O–H groups in total. The summed E-state index contributed by atoms with van der Waals surface area (Å²) in [4.78, 5) is 33.2. The number of nitrogens with zero attached hydrogens (tertiary/aromatic N) is 5. The molecule has 1 atom stereocenters. The number of halogens is 1. The summed E-state index contributed by atoms with van der Waals surface area (Å²) in [6, 6.07) is 16.9. The van der Waals surface area contributed by atoms with Crippen LogP contribution in [0.4, 0.5) is 5.13 Å². The minimum atomic E-state index is -1.03. The molecule has 13 heteroatoms. The van der Waals surface area contributed by atoms with E-state index in [4.69, 9.17) is 21.1 Å². The van der Waals surface area contributed by atoms with Crippen LogP contribution in [0.2, 0.25) is 5.02 Å². The summed E-state index contributed by atoms with van der Waals surface area (Å²) in [5, 5.41) is 21.2. The zero-order valence-electron chi connectivity index (χ0n) is 23.1. The predicted octanol–water partition coefficient (Wildman–Crippen LogP) is 6.08. The van der Waals surface area contributed by atoms with Crippen molar-refractivity contribution in [3.05, 3.63) is 100.0 Å². The molecule has 0 spiro atoms. The number of ketones is 1. The smallest absolute Gasteiger partial charge is 0.301 e. The van der Waals surface area contributed by atoms with Gasteiger partial charge in [-0.25, -0.2) is 4.98 Å². The number of aryl methyl sites for hydroxylation is 1. The number of thioether (sulfide) groups is 1. The fourth-order valence-electron chi connectivity index (χ4n) is 4.98. The molecule has 1 aliphatic rings. The summed E-state index contributed by atoms with van der Waals surface area (Å²) in [7, 11) is 3.01. The normalized spacial score (nSPS) is 16.3. The van der Waals surface area contributed by atoms with Crippen LogP contribution in [0.25, 0.3) is 11.4 Å². The average Bonchev–Trinajstić information content (AvgIpc) is 3.69. The molecule has 1 saturated heterocycles. The number of hydrogen-bond donors (Lipinski definition) is 1. The molecular weight excluding hydrogens is 610 g/mol. The van der Waals surface area contributed by atoms with Crippen LogP contribution in [0.15, 0.2) is 76.8 Å². The summed E-state index contributed by atoms with van der Waals surface area (Å²) in [5.41, 5.74) is 2.85. The molecule has 2 aromatic carbocycles. The molecule has 10 nitrogen and oxygen atoms in total. The van der Waals surface area contributed by atoms with Crippen molar-refractivity contribution in [1.82, 2.24) is 19.6 Å². The van der Waals surface area contributed by atoms with Crippen LogP contribution in [-0.4, -0.2) is 50.6 Å².